The molecule has 7 rings (SSSR count). The quantitative estimate of drug-likeness (QED) is 0.0785. The SMILES string of the molecule is CC(C)(C)c1cc(NC(=O)Nc2ccc(-n3cnc4cc(OCCCCCNc5cccc6c5C(=O)N(C5CCC(=O)NC5=O)C6=O)ccc43)cc2)[nH]n1. The number of fused-ring (bicyclic) bond motifs is 2. The first kappa shape index (κ1) is 35.9. The number of hydrogen-bond acceptors (Lipinski definition) is 9. The van der Waals surface area contributed by atoms with Crippen LogP contribution in [0.15, 0.2) is 73.1 Å². The minimum atomic E-state index is -1.00. The number of hydrogen-bond donors (Lipinski definition) is 5. The fraction of sp³-hybridized carbons (Fsp3) is 0.308. The molecule has 0 bridgehead atoms. The zero-order valence-electron chi connectivity index (χ0n) is 30.2. The zero-order chi connectivity index (χ0) is 38.0. The van der Waals surface area contributed by atoms with Gasteiger partial charge < -0.3 is 15.4 Å². The molecule has 0 radical (unpaired) electrons. The topological polar surface area (TPSA) is 192 Å². The van der Waals surface area contributed by atoms with Crippen LogP contribution in [0.25, 0.3) is 16.7 Å². The van der Waals surface area contributed by atoms with Gasteiger partial charge in [0.1, 0.15) is 23.9 Å². The van der Waals surface area contributed by atoms with Crippen LogP contribution < -0.4 is 26.0 Å². The molecular weight excluding hydrogens is 690 g/mol. The summed E-state index contributed by atoms with van der Waals surface area (Å²) in [5.74, 6) is -0.864. The lowest BCUT2D eigenvalue weighted by Gasteiger charge is -2.27. The Balaban J connectivity index is 0.859. The average molecular weight is 732 g/mol. The molecule has 0 aliphatic carbocycles. The Morgan fingerprint density at radius 3 is 2.52 bits per heavy atom. The van der Waals surface area contributed by atoms with E-state index >= 15 is 0 Å². The van der Waals surface area contributed by atoms with Gasteiger partial charge in [0.25, 0.3) is 11.8 Å². The summed E-state index contributed by atoms with van der Waals surface area (Å²) < 4.78 is 7.98. The number of amides is 6. The third kappa shape index (κ3) is 7.51. The van der Waals surface area contributed by atoms with Crippen molar-refractivity contribution in [2.24, 2.45) is 0 Å². The molecule has 3 aromatic carbocycles. The maximum absolute atomic E-state index is 13.3. The summed E-state index contributed by atoms with van der Waals surface area (Å²) >= 11 is 0. The van der Waals surface area contributed by atoms with Gasteiger partial charge in [-0.05, 0) is 74.2 Å². The van der Waals surface area contributed by atoms with Gasteiger partial charge >= 0.3 is 6.03 Å². The lowest BCUT2D eigenvalue weighted by molar-refractivity contribution is -0.136. The van der Waals surface area contributed by atoms with E-state index in [1.54, 1.807) is 24.5 Å². The van der Waals surface area contributed by atoms with Crippen molar-refractivity contribution in [2.45, 2.75) is 64.3 Å². The molecule has 278 valence electrons. The van der Waals surface area contributed by atoms with E-state index in [4.69, 9.17) is 4.74 Å². The number of unbranched alkanes of at least 4 members (excludes halogenated alkanes) is 2. The fourth-order valence-electron chi connectivity index (χ4n) is 6.53. The highest BCUT2D eigenvalue weighted by atomic mass is 16.5. The molecule has 2 aliphatic rings. The Morgan fingerprint density at radius 2 is 1.76 bits per heavy atom. The number of aromatic amines is 1. The van der Waals surface area contributed by atoms with E-state index in [0.717, 1.165) is 46.6 Å². The van der Waals surface area contributed by atoms with Gasteiger partial charge in [-0.25, -0.2) is 9.78 Å². The number of carbonyl (C=O) groups excluding carboxylic acids is 5. The minimum Gasteiger partial charge on any atom is -0.494 e. The van der Waals surface area contributed by atoms with Crippen LogP contribution in [0, 0.1) is 0 Å². The summed E-state index contributed by atoms with van der Waals surface area (Å²) in [5.41, 5.74) is 4.98. The van der Waals surface area contributed by atoms with Crippen molar-refractivity contribution in [1.29, 1.82) is 0 Å². The second-order valence-corrected chi connectivity index (χ2v) is 14.3. The number of aromatic nitrogens is 4. The molecule has 1 unspecified atom stereocenters. The summed E-state index contributed by atoms with van der Waals surface area (Å²) in [6, 6.07) is 18.7. The molecular formula is C39H41N9O6. The number of nitrogens with zero attached hydrogens (tertiary/aromatic N) is 4. The lowest BCUT2D eigenvalue weighted by Crippen LogP contribution is -2.54. The molecule has 5 N–H and O–H groups in total. The smallest absolute Gasteiger partial charge is 0.324 e. The van der Waals surface area contributed by atoms with E-state index in [0.29, 0.717) is 36.1 Å². The predicted molar refractivity (Wildman–Crippen MR) is 202 cm³/mol. The number of ether oxygens (including phenoxy) is 1. The highest BCUT2D eigenvalue weighted by molar-refractivity contribution is 6.25. The third-order valence-electron chi connectivity index (χ3n) is 9.39. The number of urea groups is 1. The Kier molecular flexibility index (Phi) is 9.86. The lowest BCUT2D eigenvalue weighted by atomic mass is 9.92. The van der Waals surface area contributed by atoms with E-state index in [-0.39, 0.29) is 35.4 Å². The van der Waals surface area contributed by atoms with Crippen molar-refractivity contribution in [3.63, 3.8) is 0 Å². The number of imide groups is 2. The van der Waals surface area contributed by atoms with Gasteiger partial charge in [0.2, 0.25) is 11.8 Å². The second kappa shape index (κ2) is 14.8. The van der Waals surface area contributed by atoms with Crippen molar-refractivity contribution in [3.8, 4) is 11.4 Å². The molecule has 1 atom stereocenters. The number of H-pyrrole nitrogens is 1. The Bertz CT molecular complexity index is 2250. The van der Waals surface area contributed by atoms with E-state index in [1.807, 2.05) is 53.1 Å². The van der Waals surface area contributed by atoms with Gasteiger partial charge in [-0.1, -0.05) is 26.8 Å². The van der Waals surface area contributed by atoms with Crippen molar-refractivity contribution in [1.82, 2.24) is 30.0 Å². The molecule has 6 amide bonds. The van der Waals surface area contributed by atoms with Crippen LogP contribution >= 0.6 is 0 Å². The summed E-state index contributed by atoms with van der Waals surface area (Å²) in [7, 11) is 0. The first-order chi connectivity index (χ1) is 26.0. The summed E-state index contributed by atoms with van der Waals surface area (Å²) in [4.78, 5) is 68.4. The number of anilines is 3. The van der Waals surface area contributed by atoms with Crippen molar-refractivity contribution < 1.29 is 28.7 Å². The number of imidazole rings is 1. The van der Waals surface area contributed by atoms with Crippen LogP contribution in [0.4, 0.5) is 22.0 Å². The normalized spacial score (nSPS) is 15.7. The summed E-state index contributed by atoms with van der Waals surface area (Å²) in [6.45, 7) is 7.25. The molecule has 1 fully saturated rings. The predicted octanol–water partition coefficient (Wildman–Crippen LogP) is 5.75. The van der Waals surface area contributed by atoms with Crippen molar-refractivity contribution in [3.05, 3.63) is 89.9 Å². The van der Waals surface area contributed by atoms with Gasteiger partial charge in [-0.2, -0.15) is 5.10 Å². The van der Waals surface area contributed by atoms with Gasteiger partial charge in [-0.3, -0.25) is 44.4 Å². The number of benzene rings is 3. The summed E-state index contributed by atoms with van der Waals surface area (Å²) in [5, 5.41) is 18.2. The molecule has 0 spiro atoms. The Morgan fingerprint density at radius 1 is 0.944 bits per heavy atom. The monoisotopic (exact) mass is 731 g/mol. The molecule has 1 saturated heterocycles. The first-order valence-corrected chi connectivity index (χ1v) is 17.9. The van der Waals surface area contributed by atoms with Crippen LogP contribution in [0.2, 0.25) is 0 Å². The Hall–Kier alpha value is -6.51. The van der Waals surface area contributed by atoms with Crippen molar-refractivity contribution in [2.75, 3.05) is 29.1 Å². The maximum atomic E-state index is 13.3. The van der Waals surface area contributed by atoms with Gasteiger partial charge in [0.05, 0.1) is 34.5 Å². The highest BCUT2D eigenvalue weighted by Gasteiger charge is 2.45. The molecule has 0 saturated carbocycles. The third-order valence-corrected chi connectivity index (χ3v) is 9.39. The van der Waals surface area contributed by atoms with E-state index in [1.165, 1.54) is 0 Å². The second-order valence-electron chi connectivity index (χ2n) is 14.3. The minimum absolute atomic E-state index is 0.0728. The van der Waals surface area contributed by atoms with Gasteiger partial charge in [0, 0.05) is 47.6 Å². The standard InChI is InChI=1S/C39H41N9O6/c1-39(2,3)31-21-32(46-45-31)43-38(53)42-23-10-12-24(13-11-23)47-22-41-28-20-25(14-15-29(28)47)54-19-6-4-5-18-40-27-9-7-8-26-34(27)37(52)48(36(26)51)30-16-17-33(49)44-35(30)50/h7-15,20-22,30,40H,4-6,16-19H2,1-3H3,(H,44,49,50)(H3,42,43,45,46,53). The highest BCUT2D eigenvalue weighted by Crippen LogP contribution is 2.32. The van der Waals surface area contributed by atoms with Crippen molar-refractivity contribution >= 4 is 57.9 Å². The van der Waals surface area contributed by atoms with Crippen LogP contribution in [0.3, 0.4) is 0 Å². The molecule has 5 aromatic rings. The van der Waals surface area contributed by atoms with E-state index < -0.39 is 29.7 Å². The maximum Gasteiger partial charge on any atom is 0.324 e. The van der Waals surface area contributed by atoms with E-state index in [2.05, 4.69) is 57.2 Å². The zero-order valence-corrected chi connectivity index (χ0v) is 30.2. The summed E-state index contributed by atoms with van der Waals surface area (Å²) in [6.07, 6.45) is 4.41. The number of nitrogens with one attached hydrogen (secondary N) is 5. The molecule has 2 aromatic heterocycles. The first-order valence-electron chi connectivity index (χ1n) is 17.9. The fourth-order valence-corrected chi connectivity index (χ4v) is 6.53. The molecule has 15 nitrogen and oxygen atoms in total. The number of carbonyl (C=O) groups is 5. The molecule has 2 aliphatic heterocycles. The largest absolute Gasteiger partial charge is 0.494 e. The van der Waals surface area contributed by atoms with Gasteiger partial charge in [0.15, 0.2) is 0 Å². The molecule has 15 heteroatoms. The average Bonchev–Trinajstić information content (AvgIpc) is 3.85. The number of rotatable bonds is 12. The van der Waals surface area contributed by atoms with E-state index in [9.17, 15) is 24.0 Å². The van der Waals surface area contributed by atoms with Crippen LogP contribution in [0.5, 0.6) is 5.75 Å². The van der Waals surface area contributed by atoms with Crippen LogP contribution in [-0.2, 0) is 15.0 Å². The number of piperidine rings is 1. The molecule has 4 heterocycles. The Labute approximate surface area is 310 Å². The van der Waals surface area contributed by atoms with Crippen LogP contribution in [-0.4, -0.2) is 73.5 Å². The van der Waals surface area contributed by atoms with Gasteiger partial charge in [-0.15, -0.1) is 0 Å². The van der Waals surface area contributed by atoms with Crippen LogP contribution in [0.1, 0.15) is 79.3 Å². The molecule has 54 heavy (non-hydrogen) atoms.